The quantitative estimate of drug-likeness (QED) is 0.654. The average molecular weight is 252 g/mol. The third-order valence-electron chi connectivity index (χ3n) is 2.11. The Hall–Kier alpha value is -1.49. The van der Waals surface area contributed by atoms with Crippen molar-refractivity contribution in [1.29, 1.82) is 0 Å². The lowest BCUT2D eigenvalue weighted by atomic mass is 10.3. The number of halogens is 1. The first-order chi connectivity index (χ1) is 8.25. The minimum Gasteiger partial charge on any atom is -0.440 e. The van der Waals surface area contributed by atoms with E-state index in [1.165, 1.54) is 17.8 Å². The van der Waals surface area contributed by atoms with E-state index < -0.39 is 0 Å². The summed E-state index contributed by atoms with van der Waals surface area (Å²) in [4.78, 5) is 4.17. The van der Waals surface area contributed by atoms with E-state index in [1.54, 1.807) is 24.5 Å². The van der Waals surface area contributed by atoms with E-state index >= 15 is 0 Å². The summed E-state index contributed by atoms with van der Waals surface area (Å²) >= 11 is 1.50. The van der Waals surface area contributed by atoms with Crippen molar-refractivity contribution >= 4 is 17.4 Å². The number of oxazole rings is 1. The van der Waals surface area contributed by atoms with Crippen molar-refractivity contribution in [3.05, 3.63) is 42.0 Å². The molecule has 0 saturated carbocycles. The van der Waals surface area contributed by atoms with Crippen LogP contribution in [0.15, 0.2) is 40.2 Å². The smallest absolute Gasteiger partial charge is 0.255 e. The number of hydrogen-bond donors (Lipinski definition) is 1. The first-order valence-electron chi connectivity index (χ1n) is 5.29. The number of nitrogens with one attached hydrogen (secondary N) is 1. The summed E-state index contributed by atoms with van der Waals surface area (Å²) in [5.41, 5.74) is 1.39. The summed E-state index contributed by atoms with van der Waals surface area (Å²) in [6, 6.07) is 6.63. The molecule has 17 heavy (non-hydrogen) atoms. The standard InChI is InChI=1S/C12H13FN2OS/c1-9-8-16-12(15-9)17-7-6-14-11-5-3-2-4-10(11)13/h2-5,8,14H,6-7H2,1H3. The van der Waals surface area contributed by atoms with Crippen LogP contribution >= 0.6 is 11.8 Å². The van der Waals surface area contributed by atoms with E-state index in [2.05, 4.69) is 10.3 Å². The normalized spacial score (nSPS) is 10.5. The SMILES string of the molecule is Cc1coc(SCCNc2ccccc2F)n1. The van der Waals surface area contributed by atoms with Crippen LogP contribution in [-0.2, 0) is 0 Å². The molecule has 0 fully saturated rings. The molecule has 1 N–H and O–H groups in total. The number of hydrogen-bond acceptors (Lipinski definition) is 4. The fraction of sp³-hybridized carbons (Fsp3) is 0.250. The van der Waals surface area contributed by atoms with Crippen LogP contribution in [0.3, 0.4) is 0 Å². The fourth-order valence-electron chi connectivity index (χ4n) is 1.33. The Morgan fingerprint density at radius 3 is 2.94 bits per heavy atom. The highest BCUT2D eigenvalue weighted by atomic mass is 32.2. The van der Waals surface area contributed by atoms with Gasteiger partial charge in [-0.1, -0.05) is 23.9 Å². The molecule has 0 saturated heterocycles. The summed E-state index contributed by atoms with van der Waals surface area (Å²) in [7, 11) is 0. The van der Waals surface area contributed by atoms with E-state index in [9.17, 15) is 4.39 Å². The number of rotatable bonds is 5. The molecule has 0 bridgehead atoms. The molecule has 0 aliphatic carbocycles. The van der Waals surface area contributed by atoms with Crippen LogP contribution in [0.1, 0.15) is 5.69 Å². The van der Waals surface area contributed by atoms with Gasteiger partial charge in [0, 0.05) is 12.3 Å². The number of aromatic nitrogens is 1. The minimum atomic E-state index is -0.232. The Morgan fingerprint density at radius 1 is 1.41 bits per heavy atom. The molecule has 3 nitrogen and oxygen atoms in total. The summed E-state index contributed by atoms with van der Waals surface area (Å²) < 4.78 is 18.4. The zero-order valence-electron chi connectivity index (χ0n) is 9.44. The number of para-hydroxylation sites is 1. The van der Waals surface area contributed by atoms with Crippen molar-refractivity contribution in [2.24, 2.45) is 0 Å². The molecule has 0 amide bonds. The molecule has 1 aromatic carbocycles. The number of anilines is 1. The molecule has 0 aliphatic heterocycles. The van der Waals surface area contributed by atoms with Gasteiger partial charge in [-0.2, -0.15) is 0 Å². The van der Waals surface area contributed by atoms with Crippen LogP contribution in [0, 0.1) is 12.7 Å². The van der Waals surface area contributed by atoms with E-state index in [1.807, 2.05) is 6.92 Å². The maximum absolute atomic E-state index is 13.2. The van der Waals surface area contributed by atoms with Crippen LogP contribution in [0.5, 0.6) is 0 Å². The van der Waals surface area contributed by atoms with Gasteiger partial charge in [-0.3, -0.25) is 0 Å². The van der Waals surface area contributed by atoms with Gasteiger partial charge in [0.15, 0.2) is 0 Å². The van der Waals surface area contributed by atoms with Crippen molar-refractivity contribution < 1.29 is 8.81 Å². The second-order valence-electron chi connectivity index (χ2n) is 3.51. The van der Waals surface area contributed by atoms with Crippen LogP contribution in [0.4, 0.5) is 10.1 Å². The lowest BCUT2D eigenvalue weighted by Crippen LogP contribution is -2.05. The fourth-order valence-corrected chi connectivity index (χ4v) is 2.03. The van der Waals surface area contributed by atoms with Crippen LogP contribution in [0.25, 0.3) is 0 Å². The molecule has 0 unspecified atom stereocenters. The lowest BCUT2D eigenvalue weighted by molar-refractivity contribution is 0.454. The molecule has 2 rings (SSSR count). The Labute approximate surface area is 103 Å². The molecular weight excluding hydrogens is 239 g/mol. The van der Waals surface area contributed by atoms with Gasteiger partial charge in [0.1, 0.15) is 12.1 Å². The molecule has 0 radical (unpaired) electrons. The topological polar surface area (TPSA) is 38.1 Å². The van der Waals surface area contributed by atoms with E-state index in [0.29, 0.717) is 17.5 Å². The molecular formula is C12H13FN2OS. The van der Waals surface area contributed by atoms with Crippen molar-refractivity contribution in [3.8, 4) is 0 Å². The van der Waals surface area contributed by atoms with Gasteiger partial charge in [0.05, 0.1) is 11.4 Å². The van der Waals surface area contributed by atoms with Gasteiger partial charge < -0.3 is 9.73 Å². The highest BCUT2D eigenvalue weighted by Gasteiger charge is 2.02. The van der Waals surface area contributed by atoms with Crippen LogP contribution in [0.2, 0.25) is 0 Å². The maximum atomic E-state index is 13.2. The van der Waals surface area contributed by atoms with Gasteiger partial charge in [0.25, 0.3) is 5.22 Å². The van der Waals surface area contributed by atoms with Gasteiger partial charge >= 0.3 is 0 Å². The molecule has 5 heteroatoms. The molecule has 2 aromatic rings. The number of benzene rings is 1. The summed E-state index contributed by atoms with van der Waals surface area (Å²) in [6.07, 6.45) is 1.62. The Bertz CT molecular complexity index is 487. The first kappa shape index (κ1) is 12.0. The average Bonchev–Trinajstić information content (AvgIpc) is 2.73. The number of thioether (sulfide) groups is 1. The van der Waals surface area contributed by atoms with Gasteiger partial charge in [-0.15, -0.1) is 0 Å². The van der Waals surface area contributed by atoms with Crippen LogP contribution < -0.4 is 5.32 Å². The zero-order chi connectivity index (χ0) is 12.1. The number of nitrogens with zero attached hydrogens (tertiary/aromatic N) is 1. The Kier molecular flexibility index (Phi) is 4.03. The molecule has 90 valence electrons. The van der Waals surface area contributed by atoms with Gasteiger partial charge in [-0.25, -0.2) is 9.37 Å². The maximum Gasteiger partial charge on any atom is 0.255 e. The zero-order valence-corrected chi connectivity index (χ0v) is 10.3. The second kappa shape index (κ2) is 5.72. The highest BCUT2D eigenvalue weighted by molar-refractivity contribution is 7.99. The predicted octanol–water partition coefficient (Wildman–Crippen LogP) is 3.33. The molecule has 1 aromatic heterocycles. The summed E-state index contributed by atoms with van der Waals surface area (Å²) in [5, 5.41) is 3.68. The van der Waals surface area contributed by atoms with Crippen molar-refractivity contribution in [1.82, 2.24) is 4.98 Å². The summed E-state index contributed by atoms with van der Waals surface area (Å²) in [5.74, 6) is 0.540. The molecule has 1 heterocycles. The van der Waals surface area contributed by atoms with Gasteiger partial charge in [-0.05, 0) is 19.1 Å². The molecule has 0 spiro atoms. The third kappa shape index (κ3) is 3.49. The van der Waals surface area contributed by atoms with E-state index in [4.69, 9.17) is 4.42 Å². The van der Waals surface area contributed by atoms with Crippen molar-refractivity contribution in [2.45, 2.75) is 12.1 Å². The monoisotopic (exact) mass is 252 g/mol. The highest BCUT2D eigenvalue weighted by Crippen LogP contribution is 2.17. The minimum absolute atomic E-state index is 0.232. The van der Waals surface area contributed by atoms with E-state index in [0.717, 1.165) is 11.4 Å². The van der Waals surface area contributed by atoms with Crippen molar-refractivity contribution in [3.63, 3.8) is 0 Å². The Balaban J connectivity index is 1.75. The predicted molar refractivity (Wildman–Crippen MR) is 66.9 cm³/mol. The van der Waals surface area contributed by atoms with Crippen molar-refractivity contribution in [2.75, 3.05) is 17.6 Å². The lowest BCUT2D eigenvalue weighted by Gasteiger charge is -2.05. The Morgan fingerprint density at radius 2 is 2.24 bits per heavy atom. The summed E-state index contributed by atoms with van der Waals surface area (Å²) in [6.45, 7) is 2.54. The second-order valence-corrected chi connectivity index (χ2v) is 4.56. The number of aryl methyl sites for hydroxylation is 1. The largest absolute Gasteiger partial charge is 0.440 e. The van der Waals surface area contributed by atoms with Gasteiger partial charge in [0.2, 0.25) is 0 Å². The van der Waals surface area contributed by atoms with Crippen LogP contribution in [-0.4, -0.2) is 17.3 Å². The first-order valence-corrected chi connectivity index (χ1v) is 6.27. The molecule has 0 aliphatic rings. The third-order valence-corrected chi connectivity index (χ3v) is 2.96. The van der Waals surface area contributed by atoms with E-state index in [-0.39, 0.29) is 5.82 Å². The molecule has 0 atom stereocenters.